The van der Waals surface area contributed by atoms with Gasteiger partial charge in [0.05, 0.1) is 12.2 Å². The van der Waals surface area contributed by atoms with Crippen LogP contribution >= 0.6 is 0 Å². The molecule has 0 aliphatic heterocycles. The summed E-state index contributed by atoms with van der Waals surface area (Å²) in [6.07, 6.45) is 2.37. The Labute approximate surface area is 258 Å². The molecule has 1 aliphatic carbocycles. The molecule has 6 nitrogen and oxygen atoms in total. The highest BCUT2D eigenvalue weighted by Crippen LogP contribution is 2.42. The zero-order chi connectivity index (χ0) is 31.4. The van der Waals surface area contributed by atoms with Crippen LogP contribution in [0.15, 0.2) is 77.4 Å². The topological polar surface area (TPSA) is 88.8 Å². The highest BCUT2D eigenvalue weighted by molar-refractivity contribution is 6.09. The van der Waals surface area contributed by atoms with Crippen LogP contribution in [0.25, 0.3) is 21.5 Å². The van der Waals surface area contributed by atoms with E-state index in [2.05, 4.69) is 41.7 Å². The van der Waals surface area contributed by atoms with Gasteiger partial charge < -0.3 is 14.3 Å². The number of amides is 1. The Bertz CT molecular complexity index is 1880. The number of carbonyl (C=O) groups excluding carboxylic acids is 2. The van der Waals surface area contributed by atoms with Gasteiger partial charge in [0.15, 0.2) is 6.61 Å². The van der Waals surface area contributed by atoms with E-state index in [0.717, 1.165) is 27.6 Å². The minimum absolute atomic E-state index is 0.0966. The number of rotatable bonds is 5. The third-order valence-electron chi connectivity index (χ3n) is 8.69. The van der Waals surface area contributed by atoms with E-state index >= 15 is 0 Å². The van der Waals surface area contributed by atoms with Crippen LogP contribution in [0.5, 0.6) is 11.5 Å². The average molecular weight is 590 g/mol. The number of furan rings is 1. The Morgan fingerprint density at radius 1 is 0.909 bits per heavy atom. The van der Waals surface area contributed by atoms with Crippen LogP contribution in [0.2, 0.25) is 0 Å². The Morgan fingerprint density at radius 3 is 2.30 bits per heavy atom. The van der Waals surface area contributed by atoms with Crippen molar-refractivity contribution in [2.45, 2.75) is 71.1 Å². The van der Waals surface area contributed by atoms with Crippen molar-refractivity contribution in [1.29, 1.82) is 0 Å². The van der Waals surface area contributed by atoms with E-state index in [9.17, 15) is 14.7 Å². The summed E-state index contributed by atoms with van der Waals surface area (Å²) >= 11 is 0. The standard InChI is InChI=1S/C38H39NO5/c1-37(2,3)31-18-24(19-32(35(31)42)38(4,5)6)44-21-34(41)39-36-28(15-16-43-36)30-20-29-23(17-33(30)40)12-14-26-25-10-8-7-9-22(25)11-13-27(26)29/h7-16,18-19,30,42H,17,20-21H2,1-6H3,(H,39,41)/t30-/m0/s1. The molecule has 1 heterocycles. The number of phenols is 1. The lowest BCUT2D eigenvalue weighted by Crippen LogP contribution is -2.26. The van der Waals surface area contributed by atoms with Crippen LogP contribution in [0.1, 0.15) is 75.3 Å². The van der Waals surface area contributed by atoms with Gasteiger partial charge >= 0.3 is 0 Å². The van der Waals surface area contributed by atoms with Gasteiger partial charge in [-0.15, -0.1) is 0 Å². The van der Waals surface area contributed by atoms with Gasteiger partial charge in [-0.05, 0) is 68.1 Å². The summed E-state index contributed by atoms with van der Waals surface area (Å²) in [5.41, 5.74) is 3.75. The quantitative estimate of drug-likeness (QED) is 0.201. The fourth-order valence-corrected chi connectivity index (χ4v) is 6.36. The lowest BCUT2D eigenvalue weighted by atomic mass is 9.77. The fraction of sp³-hybridized carbons (Fsp3) is 0.316. The lowest BCUT2D eigenvalue weighted by molar-refractivity contribution is -0.120. The molecular weight excluding hydrogens is 550 g/mol. The molecule has 1 amide bonds. The monoisotopic (exact) mass is 589 g/mol. The van der Waals surface area contributed by atoms with Gasteiger partial charge in [-0.25, -0.2) is 0 Å². The summed E-state index contributed by atoms with van der Waals surface area (Å²) in [6.45, 7) is 11.9. The number of hydrogen-bond acceptors (Lipinski definition) is 5. The van der Waals surface area contributed by atoms with Gasteiger partial charge in [0.2, 0.25) is 5.88 Å². The first-order valence-corrected chi connectivity index (χ1v) is 15.1. The lowest BCUT2D eigenvalue weighted by Gasteiger charge is -2.28. The van der Waals surface area contributed by atoms with Crippen molar-refractivity contribution in [2.75, 3.05) is 11.9 Å². The smallest absolute Gasteiger partial charge is 0.264 e. The molecule has 0 bridgehead atoms. The van der Waals surface area contributed by atoms with Gasteiger partial charge in [-0.2, -0.15) is 0 Å². The number of aromatic hydroxyl groups is 1. The number of fused-ring (bicyclic) bond motifs is 5. The summed E-state index contributed by atoms with van der Waals surface area (Å²) in [4.78, 5) is 26.5. The molecule has 0 spiro atoms. The van der Waals surface area contributed by atoms with Gasteiger partial charge in [0.25, 0.3) is 5.91 Å². The molecule has 44 heavy (non-hydrogen) atoms. The SMILES string of the molecule is CC(C)(C)c1cc(OCC(=O)Nc2occc2[C@@H]2Cc3c(ccc4c3ccc3ccccc34)CC2=O)cc(C(C)(C)C)c1O. The van der Waals surface area contributed by atoms with E-state index in [0.29, 0.717) is 24.2 Å². The second-order valence-electron chi connectivity index (χ2n) is 13.9. The molecule has 2 N–H and O–H groups in total. The molecule has 4 aromatic carbocycles. The van der Waals surface area contributed by atoms with Crippen LogP contribution in [-0.4, -0.2) is 23.4 Å². The largest absolute Gasteiger partial charge is 0.507 e. The number of ether oxygens (including phenoxy) is 1. The fourth-order valence-electron chi connectivity index (χ4n) is 6.36. The number of phenolic OH excluding ortho intramolecular Hbond substituents is 1. The molecule has 0 saturated carbocycles. The maximum atomic E-state index is 13.4. The molecular formula is C38H39NO5. The number of Topliss-reactive ketones (excluding diaryl/α,β-unsaturated/α-hetero) is 1. The van der Waals surface area contributed by atoms with Gasteiger partial charge in [-0.1, -0.05) is 90.1 Å². The first kappa shape index (κ1) is 29.5. The zero-order valence-corrected chi connectivity index (χ0v) is 26.2. The minimum Gasteiger partial charge on any atom is -0.507 e. The number of benzene rings is 4. The maximum Gasteiger partial charge on any atom is 0.264 e. The van der Waals surface area contributed by atoms with Gasteiger partial charge in [0, 0.05) is 23.1 Å². The van der Waals surface area contributed by atoms with E-state index in [4.69, 9.17) is 9.15 Å². The third kappa shape index (κ3) is 5.45. The zero-order valence-electron chi connectivity index (χ0n) is 26.2. The highest BCUT2D eigenvalue weighted by atomic mass is 16.5. The predicted octanol–water partition coefficient (Wildman–Crippen LogP) is 8.36. The molecule has 0 fully saturated rings. The molecule has 226 valence electrons. The van der Waals surface area contributed by atoms with Crippen LogP contribution in [0.4, 0.5) is 5.88 Å². The second kappa shape index (κ2) is 10.8. The first-order chi connectivity index (χ1) is 20.8. The summed E-state index contributed by atoms with van der Waals surface area (Å²) < 4.78 is 11.6. The molecule has 0 saturated heterocycles. The van der Waals surface area contributed by atoms with Crippen molar-refractivity contribution in [3.05, 3.63) is 101 Å². The van der Waals surface area contributed by atoms with Gasteiger partial charge in [0.1, 0.15) is 17.3 Å². The molecule has 1 aliphatic rings. The van der Waals surface area contributed by atoms with Crippen LogP contribution in [0.3, 0.4) is 0 Å². The summed E-state index contributed by atoms with van der Waals surface area (Å²) in [5.74, 6) is 0.286. The molecule has 5 aromatic rings. The molecule has 1 atom stereocenters. The van der Waals surface area contributed by atoms with Crippen LogP contribution in [0, 0.1) is 0 Å². The molecule has 1 aromatic heterocycles. The minimum atomic E-state index is -0.435. The molecule has 0 unspecified atom stereocenters. The average Bonchev–Trinajstić information content (AvgIpc) is 3.42. The van der Waals surface area contributed by atoms with E-state index in [1.165, 1.54) is 22.4 Å². The van der Waals surface area contributed by atoms with Gasteiger partial charge in [-0.3, -0.25) is 14.9 Å². The Hall–Kier alpha value is -4.58. The van der Waals surface area contributed by atoms with E-state index in [-0.39, 0.29) is 34.9 Å². The molecule has 6 rings (SSSR count). The van der Waals surface area contributed by atoms with Crippen molar-refractivity contribution in [1.82, 2.24) is 0 Å². The highest BCUT2D eigenvalue weighted by Gasteiger charge is 2.32. The van der Waals surface area contributed by atoms with Crippen molar-refractivity contribution < 1.29 is 23.8 Å². The van der Waals surface area contributed by atoms with E-state index in [1.54, 1.807) is 18.2 Å². The number of anilines is 1. The number of nitrogens with one attached hydrogen (secondary N) is 1. The number of carbonyl (C=O) groups is 2. The molecule has 6 heteroatoms. The predicted molar refractivity (Wildman–Crippen MR) is 175 cm³/mol. The van der Waals surface area contributed by atoms with E-state index in [1.807, 2.05) is 53.7 Å². The Balaban J connectivity index is 1.23. The summed E-state index contributed by atoms with van der Waals surface area (Å²) in [5, 5.41) is 18.5. The first-order valence-electron chi connectivity index (χ1n) is 15.1. The Morgan fingerprint density at radius 2 is 1.59 bits per heavy atom. The number of ketones is 1. The maximum absolute atomic E-state index is 13.4. The van der Waals surface area contributed by atoms with Crippen LogP contribution in [-0.2, 0) is 33.3 Å². The van der Waals surface area contributed by atoms with Crippen molar-refractivity contribution >= 4 is 39.1 Å². The Kier molecular flexibility index (Phi) is 7.27. The molecule has 0 radical (unpaired) electrons. The second-order valence-corrected chi connectivity index (χ2v) is 13.9. The third-order valence-corrected chi connectivity index (χ3v) is 8.69. The van der Waals surface area contributed by atoms with Crippen LogP contribution < -0.4 is 10.1 Å². The number of hydrogen-bond donors (Lipinski definition) is 2. The summed E-state index contributed by atoms with van der Waals surface area (Å²) in [6, 6.07) is 22.2. The summed E-state index contributed by atoms with van der Waals surface area (Å²) in [7, 11) is 0. The normalized spacial score (nSPS) is 15.4. The van der Waals surface area contributed by atoms with E-state index < -0.39 is 11.8 Å². The van der Waals surface area contributed by atoms with Crippen molar-refractivity contribution in [3.63, 3.8) is 0 Å². The van der Waals surface area contributed by atoms with Crippen molar-refractivity contribution in [2.24, 2.45) is 0 Å². The van der Waals surface area contributed by atoms with Crippen molar-refractivity contribution in [3.8, 4) is 11.5 Å².